The molecule has 0 radical (unpaired) electrons. The van der Waals surface area contributed by atoms with E-state index >= 15 is 0 Å². The van der Waals surface area contributed by atoms with Crippen LogP contribution in [0.4, 0.5) is 5.69 Å². The van der Waals surface area contributed by atoms with Crippen molar-refractivity contribution in [2.45, 2.75) is 26.7 Å². The summed E-state index contributed by atoms with van der Waals surface area (Å²) >= 11 is 0. The lowest BCUT2D eigenvalue weighted by atomic mass is 10.1. The highest BCUT2D eigenvalue weighted by atomic mass is 16.5. The average Bonchev–Trinajstić information content (AvgIpc) is 2.85. The molecule has 2 rings (SSSR count). The van der Waals surface area contributed by atoms with E-state index in [-0.39, 0.29) is 17.3 Å². The van der Waals surface area contributed by atoms with Crippen LogP contribution < -0.4 is 16.2 Å². The number of hydrogen-bond donors (Lipinski definition) is 2. The Hall–Kier alpha value is -3.01. The zero-order valence-electron chi connectivity index (χ0n) is 13.3. The number of ether oxygens (including phenoxy) is 1. The molecule has 7 nitrogen and oxygen atoms in total. The van der Waals surface area contributed by atoms with Crippen LogP contribution in [0.3, 0.4) is 0 Å². The van der Waals surface area contributed by atoms with Gasteiger partial charge in [0, 0.05) is 6.07 Å². The summed E-state index contributed by atoms with van der Waals surface area (Å²) in [5.41, 5.74) is 13.4. The third kappa shape index (κ3) is 2.97. The summed E-state index contributed by atoms with van der Waals surface area (Å²) in [5, 5.41) is 13.5. The molecular weight excluding hydrogens is 294 g/mol. The minimum absolute atomic E-state index is 0.0308. The van der Waals surface area contributed by atoms with Crippen LogP contribution in [0.25, 0.3) is 5.69 Å². The Kier molecular flexibility index (Phi) is 4.55. The molecule has 0 aliphatic heterocycles. The first-order chi connectivity index (χ1) is 10.9. The molecule has 0 saturated heterocycles. The summed E-state index contributed by atoms with van der Waals surface area (Å²) in [7, 11) is 0. The maximum absolute atomic E-state index is 11.8. The van der Waals surface area contributed by atoms with Crippen molar-refractivity contribution < 1.29 is 9.53 Å². The quantitative estimate of drug-likeness (QED) is 0.874. The van der Waals surface area contributed by atoms with Crippen LogP contribution in [0, 0.1) is 11.3 Å². The third-order valence-corrected chi connectivity index (χ3v) is 3.35. The number of nitrogens with two attached hydrogens (primary N) is 2. The van der Waals surface area contributed by atoms with Crippen molar-refractivity contribution in [3.8, 4) is 17.5 Å². The van der Waals surface area contributed by atoms with Crippen LogP contribution in [0.1, 0.15) is 48.4 Å². The zero-order valence-corrected chi connectivity index (χ0v) is 13.3. The predicted molar refractivity (Wildman–Crippen MR) is 86.5 cm³/mol. The van der Waals surface area contributed by atoms with Crippen molar-refractivity contribution in [2.24, 2.45) is 5.73 Å². The summed E-state index contributed by atoms with van der Waals surface area (Å²) in [6.07, 6.45) is 0. The van der Waals surface area contributed by atoms with Crippen LogP contribution in [0.2, 0.25) is 0 Å². The van der Waals surface area contributed by atoms with Crippen LogP contribution >= 0.6 is 0 Å². The second-order valence-electron chi connectivity index (χ2n) is 5.31. The minimum atomic E-state index is -0.672. The summed E-state index contributed by atoms with van der Waals surface area (Å²) in [5.74, 6) is -0.205. The number of carbonyl (C=O) groups excluding carboxylic acids is 1. The fourth-order valence-electron chi connectivity index (χ4n) is 2.31. The molecule has 1 aromatic carbocycles. The number of carbonyl (C=O) groups is 1. The normalized spacial score (nSPS) is 10.6. The molecule has 4 N–H and O–H groups in total. The van der Waals surface area contributed by atoms with Crippen LogP contribution in [-0.4, -0.2) is 22.3 Å². The molecule has 120 valence electrons. The Morgan fingerprint density at radius 1 is 1.48 bits per heavy atom. The molecule has 0 unspecified atom stereocenters. The molecule has 2 aromatic rings. The van der Waals surface area contributed by atoms with Gasteiger partial charge >= 0.3 is 0 Å². The second-order valence-corrected chi connectivity index (χ2v) is 5.31. The first kappa shape index (κ1) is 16.4. The Balaban J connectivity index is 2.73. The van der Waals surface area contributed by atoms with Gasteiger partial charge in [0.15, 0.2) is 5.69 Å². The first-order valence-corrected chi connectivity index (χ1v) is 7.26. The van der Waals surface area contributed by atoms with Gasteiger partial charge in [-0.1, -0.05) is 13.8 Å². The average molecular weight is 313 g/mol. The highest BCUT2D eigenvalue weighted by Gasteiger charge is 2.24. The van der Waals surface area contributed by atoms with Crippen molar-refractivity contribution in [3.63, 3.8) is 0 Å². The fraction of sp³-hybridized carbons (Fsp3) is 0.312. The number of anilines is 1. The molecule has 1 aromatic heterocycles. The molecule has 0 atom stereocenters. The number of nitrogen functional groups attached to an aromatic ring is 1. The number of primary amides is 1. The van der Waals surface area contributed by atoms with E-state index in [1.807, 2.05) is 20.8 Å². The monoisotopic (exact) mass is 313 g/mol. The summed E-state index contributed by atoms with van der Waals surface area (Å²) in [6, 6.07) is 6.92. The zero-order chi connectivity index (χ0) is 17.1. The van der Waals surface area contributed by atoms with E-state index in [0.717, 1.165) is 0 Å². The summed E-state index contributed by atoms with van der Waals surface area (Å²) in [6.45, 7) is 6.09. The van der Waals surface area contributed by atoms with E-state index < -0.39 is 5.91 Å². The molecule has 1 heterocycles. The summed E-state index contributed by atoms with van der Waals surface area (Å²) < 4.78 is 6.96. The SMILES string of the molecule is CCOc1cc(C#N)ccc1-n1nc(C(C)C)c(N)c1C(N)=O. The molecular formula is C16H19N5O2. The lowest BCUT2D eigenvalue weighted by Gasteiger charge is -2.12. The third-order valence-electron chi connectivity index (χ3n) is 3.35. The second kappa shape index (κ2) is 6.40. The minimum Gasteiger partial charge on any atom is -0.492 e. The number of aromatic nitrogens is 2. The Morgan fingerprint density at radius 3 is 2.70 bits per heavy atom. The molecule has 0 aliphatic carbocycles. The van der Waals surface area contributed by atoms with Gasteiger partial charge in [0.25, 0.3) is 5.91 Å². The van der Waals surface area contributed by atoms with Gasteiger partial charge in [-0.25, -0.2) is 4.68 Å². The lowest BCUT2D eigenvalue weighted by molar-refractivity contribution is 0.0993. The molecule has 0 bridgehead atoms. The Bertz CT molecular complexity index is 786. The Morgan fingerprint density at radius 2 is 2.17 bits per heavy atom. The predicted octanol–water partition coefficient (Wildman–Crippen LogP) is 1.95. The molecule has 0 fully saturated rings. The van der Waals surface area contributed by atoms with E-state index in [1.54, 1.807) is 18.2 Å². The van der Waals surface area contributed by atoms with Gasteiger partial charge in [-0.2, -0.15) is 10.4 Å². The highest BCUT2D eigenvalue weighted by Crippen LogP contribution is 2.31. The summed E-state index contributed by atoms with van der Waals surface area (Å²) in [4.78, 5) is 11.8. The number of rotatable bonds is 5. The molecule has 0 spiro atoms. The smallest absolute Gasteiger partial charge is 0.269 e. The molecule has 23 heavy (non-hydrogen) atoms. The topological polar surface area (TPSA) is 120 Å². The van der Waals surface area contributed by atoms with Crippen molar-refractivity contribution in [1.82, 2.24) is 9.78 Å². The van der Waals surface area contributed by atoms with Gasteiger partial charge in [0.1, 0.15) is 11.4 Å². The van der Waals surface area contributed by atoms with Crippen LogP contribution in [-0.2, 0) is 0 Å². The Labute approximate surface area is 134 Å². The van der Waals surface area contributed by atoms with Gasteiger partial charge in [0.05, 0.1) is 29.6 Å². The van der Waals surface area contributed by atoms with E-state index in [9.17, 15) is 4.79 Å². The van der Waals surface area contributed by atoms with E-state index in [1.165, 1.54) is 4.68 Å². The maximum atomic E-state index is 11.8. The van der Waals surface area contributed by atoms with Crippen molar-refractivity contribution in [2.75, 3.05) is 12.3 Å². The van der Waals surface area contributed by atoms with Crippen LogP contribution in [0.5, 0.6) is 5.75 Å². The molecule has 0 saturated carbocycles. The van der Waals surface area contributed by atoms with Crippen molar-refractivity contribution in [3.05, 3.63) is 35.2 Å². The molecule has 0 aliphatic rings. The van der Waals surface area contributed by atoms with Gasteiger partial charge in [-0.05, 0) is 25.0 Å². The van der Waals surface area contributed by atoms with Gasteiger partial charge in [-0.3, -0.25) is 4.79 Å². The highest BCUT2D eigenvalue weighted by molar-refractivity contribution is 5.97. The number of nitrogens with zero attached hydrogens (tertiary/aromatic N) is 3. The number of amides is 1. The molecule has 1 amide bonds. The van der Waals surface area contributed by atoms with E-state index in [2.05, 4.69) is 11.2 Å². The van der Waals surface area contributed by atoms with E-state index in [4.69, 9.17) is 21.5 Å². The van der Waals surface area contributed by atoms with Crippen LogP contribution in [0.15, 0.2) is 18.2 Å². The van der Waals surface area contributed by atoms with Gasteiger partial charge in [0.2, 0.25) is 0 Å². The number of benzene rings is 1. The lowest BCUT2D eigenvalue weighted by Crippen LogP contribution is -2.18. The number of nitriles is 1. The number of hydrogen-bond acceptors (Lipinski definition) is 5. The van der Waals surface area contributed by atoms with Crippen molar-refractivity contribution >= 4 is 11.6 Å². The molecule has 7 heteroatoms. The largest absolute Gasteiger partial charge is 0.492 e. The van der Waals surface area contributed by atoms with Gasteiger partial charge in [-0.15, -0.1) is 0 Å². The van der Waals surface area contributed by atoms with Gasteiger partial charge < -0.3 is 16.2 Å². The van der Waals surface area contributed by atoms with E-state index in [0.29, 0.717) is 29.3 Å². The van der Waals surface area contributed by atoms with Crippen molar-refractivity contribution in [1.29, 1.82) is 5.26 Å². The first-order valence-electron chi connectivity index (χ1n) is 7.26. The fourth-order valence-corrected chi connectivity index (χ4v) is 2.31. The standard InChI is InChI=1S/C16H19N5O2/c1-4-23-12-7-10(8-17)5-6-11(12)21-15(16(19)22)13(18)14(20-21)9(2)3/h5-7,9H,4,18H2,1-3H3,(H2,19,22). The maximum Gasteiger partial charge on any atom is 0.269 e.